The molecular formula is C20H21N3O3S2. The monoisotopic (exact) mass is 415 g/mol. The van der Waals surface area contributed by atoms with Gasteiger partial charge in [0.05, 0.1) is 22.6 Å². The van der Waals surface area contributed by atoms with E-state index in [0.717, 1.165) is 31.7 Å². The summed E-state index contributed by atoms with van der Waals surface area (Å²) in [6.07, 6.45) is 0.436. The first-order chi connectivity index (χ1) is 13.6. The Kier molecular flexibility index (Phi) is 6.89. The molecule has 28 heavy (non-hydrogen) atoms. The van der Waals surface area contributed by atoms with Crippen LogP contribution < -0.4 is 15.4 Å². The highest BCUT2D eigenvalue weighted by Gasteiger charge is 2.10. The first-order valence-corrected chi connectivity index (χ1v) is 10.7. The minimum Gasteiger partial charge on any atom is -0.494 e. The van der Waals surface area contributed by atoms with Crippen molar-refractivity contribution in [2.45, 2.75) is 24.6 Å². The van der Waals surface area contributed by atoms with Gasteiger partial charge in [0.25, 0.3) is 0 Å². The van der Waals surface area contributed by atoms with Gasteiger partial charge in [-0.05, 0) is 49.4 Å². The Labute approximate surface area is 171 Å². The van der Waals surface area contributed by atoms with E-state index in [0.29, 0.717) is 13.0 Å². The van der Waals surface area contributed by atoms with Crippen LogP contribution in [0.4, 0.5) is 11.4 Å². The van der Waals surface area contributed by atoms with Crippen LogP contribution in [0, 0.1) is 0 Å². The number of fused-ring (bicyclic) bond motifs is 1. The lowest BCUT2D eigenvalue weighted by atomic mass is 10.3. The number of anilines is 2. The number of rotatable bonds is 8. The van der Waals surface area contributed by atoms with Gasteiger partial charge in [0, 0.05) is 17.8 Å². The van der Waals surface area contributed by atoms with Gasteiger partial charge < -0.3 is 15.4 Å². The zero-order valence-electron chi connectivity index (χ0n) is 15.7. The van der Waals surface area contributed by atoms with Crippen LogP contribution in [-0.4, -0.2) is 29.2 Å². The van der Waals surface area contributed by atoms with Crippen molar-refractivity contribution in [3.8, 4) is 5.75 Å². The summed E-state index contributed by atoms with van der Waals surface area (Å²) in [6.45, 7) is 4.35. The number of hydrogen-bond donors (Lipinski definition) is 2. The molecule has 0 spiro atoms. The fraction of sp³-hybridized carbons (Fsp3) is 0.250. The van der Waals surface area contributed by atoms with Gasteiger partial charge in [0.2, 0.25) is 11.8 Å². The van der Waals surface area contributed by atoms with E-state index in [1.807, 2.05) is 56.3 Å². The number of benzene rings is 2. The number of ether oxygens (including phenoxy) is 1. The molecule has 2 aromatic carbocycles. The van der Waals surface area contributed by atoms with Gasteiger partial charge in [-0.3, -0.25) is 9.59 Å². The Morgan fingerprint density at radius 2 is 1.75 bits per heavy atom. The molecule has 0 radical (unpaired) electrons. The van der Waals surface area contributed by atoms with E-state index in [1.54, 1.807) is 0 Å². The van der Waals surface area contributed by atoms with Crippen LogP contribution in [0.1, 0.15) is 20.3 Å². The molecular weight excluding hydrogens is 394 g/mol. The van der Waals surface area contributed by atoms with E-state index in [-0.39, 0.29) is 17.6 Å². The summed E-state index contributed by atoms with van der Waals surface area (Å²) in [6, 6.07) is 12.9. The molecule has 0 fully saturated rings. The predicted molar refractivity (Wildman–Crippen MR) is 116 cm³/mol. The third-order valence-corrected chi connectivity index (χ3v) is 5.91. The number of thiazole rings is 1. The smallest absolute Gasteiger partial charge is 0.234 e. The van der Waals surface area contributed by atoms with Gasteiger partial charge >= 0.3 is 0 Å². The van der Waals surface area contributed by atoms with Gasteiger partial charge in [0.1, 0.15) is 5.75 Å². The van der Waals surface area contributed by atoms with Crippen molar-refractivity contribution in [3.05, 3.63) is 42.5 Å². The van der Waals surface area contributed by atoms with Crippen LogP contribution in [0.25, 0.3) is 10.2 Å². The van der Waals surface area contributed by atoms with Crippen molar-refractivity contribution in [1.82, 2.24) is 4.98 Å². The van der Waals surface area contributed by atoms with Crippen molar-refractivity contribution in [2.24, 2.45) is 0 Å². The standard InChI is InChI=1S/C20H21N3O3S2/c1-3-18(24)22-14-7-10-16-17(11-14)28-20(23-16)27-12-19(25)21-13-5-8-15(9-6-13)26-4-2/h5-11H,3-4,12H2,1-2H3,(H,21,25)(H,22,24). The molecule has 0 aliphatic carbocycles. The molecule has 0 aliphatic heterocycles. The van der Waals surface area contributed by atoms with Crippen LogP contribution in [0.3, 0.4) is 0 Å². The van der Waals surface area contributed by atoms with Crippen molar-refractivity contribution in [1.29, 1.82) is 0 Å². The summed E-state index contributed by atoms with van der Waals surface area (Å²) >= 11 is 2.90. The second-order valence-corrected chi connectivity index (χ2v) is 8.11. The van der Waals surface area contributed by atoms with E-state index in [1.165, 1.54) is 23.1 Å². The third kappa shape index (κ3) is 5.46. The van der Waals surface area contributed by atoms with Gasteiger partial charge in [-0.25, -0.2) is 4.98 Å². The largest absolute Gasteiger partial charge is 0.494 e. The Balaban J connectivity index is 1.56. The molecule has 146 valence electrons. The highest BCUT2D eigenvalue weighted by atomic mass is 32.2. The first-order valence-electron chi connectivity index (χ1n) is 8.93. The Morgan fingerprint density at radius 3 is 2.46 bits per heavy atom. The molecule has 0 saturated heterocycles. The first kappa shape index (κ1) is 20.2. The number of nitrogens with zero attached hydrogens (tertiary/aromatic N) is 1. The Hall–Kier alpha value is -2.58. The molecule has 0 unspecified atom stereocenters. The minimum absolute atomic E-state index is 0.0237. The number of aromatic nitrogens is 1. The van der Waals surface area contributed by atoms with Crippen LogP contribution >= 0.6 is 23.1 Å². The van der Waals surface area contributed by atoms with Crippen LogP contribution in [0.15, 0.2) is 46.8 Å². The van der Waals surface area contributed by atoms with E-state index in [4.69, 9.17) is 4.74 Å². The van der Waals surface area contributed by atoms with Gasteiger partial charge in [-0.1, -0.05) is 18.7 Å². The van der Waals surface area contributed by atoms with Crippen molar-refractivity contribution >= 4 is 56.5 Å². The fourth-order valence-electron chi connectivity index (χ4n) is 2.42. The quantitative estimate of drug-likeness (QED) is 0.518. The van der Waals surface area contributed by atoms with E-state index >= 15 is 0 Å². The molecule has 0 saturated carbocycles. The molecule has 2 N–H and O–H groups in total. The SMILES string of the molecule is CCOc1ccc(NC(=O)CSc2nc3ccc(NC(=O)CC)cc3s2)cc1. The Morgan fingerprint density at radius 1 is 1.04 bits per heavy atom. The van der Waals surface area contributed by atoms with Gasteiger partial charge in [-0.2, -0.15) is 0 Å². The second kappa shape index (κ2) is 9.57. The predicted octanol–water partition coefficient (Wildman–Crippen LogP) is 4.77. The lowest BCUT2D eigenvalue weighted by Gasteiger charge is -2.06. The molecule has 1 aromatic heterocycles. The summed E-state index contributed by atoms with van der Waals surface area (Å²) in [4.78, 5) is 28.2. The average Bonchev–Trinajstić information content (AvgIpc) is 3.10. The molecule has 8 heteroatoms. The summed E-state index contributed by atoms with van der Waals surface area (Å²) in [5.41, 5.74) is 2.34. The molecule has 0 bridgehead atoms. The number of nitrogens with one attached hydrogen (secondary N) is 2. The summed E-state index contributed by atoms with van der Waals surface area (Å²) < 4.78 is 7.18. The second-order valence-electron chi connectivity index (χ2n) is 5.86. The lowest BCUT2D eigenvalue weighted by molar-refractivity contribution is -0.116. The number of carbonyl (C=O) groups is 2. The molecule has 3 aromatic rings. The van der Waals surface area contributed by atoms with E-state index in [2.05, 4.69) is 15.6 Å². The number of hydrogen-bond acceptors (Lipinski definition) is 6. The molecule has 3 rings (SSSR count). The lowest BCUT2D eigenvalue weighted by Crippen LogP contribution is -2.13. The van der Waals surface area contributed by atoms with Gasteiger partial charge in [-0.15, -0.1) is 11.3 Å². The summed E-state index contributed by atoms with van der Waals surface area (Å²) in [5.74, 6) is 0.930. The highest BCUT2D eigenvalue weighted by Crippen LogP contribution is 2.31. The molecule has 1 heterocycles. The highest BCUT2D eigenvalue weighted by molar-refractivity contribution is 8.01. The van der Waals surface area contributed by atoms with Crippen LogP contribution in [0.2, 0.25) is 0 Å². The maximum atomic E-state index is 12.2. The van der Waals surface area contributed by atoms with E-state index in [9.17, 15) is 9.59 Å². The summed E-state index contributed by atoms with van der Waals surface area (Å²) in [7, 11) is 0. The summed E-state index contributed by atoms with van der Waals surface area (Å²) in [5, 5.41) is 5.71. The number of amides is 2. The average molecular weight is 416 g/mol. The fourth-order valence-corrected chi connectivity index (χ4v) is 4.33. The van der Waals surface area contributed by atoms with Crippen LogP contribution in [-0.2, 0) is 9.59 Å². The maximum Gasteiger partial charge on any atom is 0.234 e. The number of carbonyl (C=O) groups excluding carboxylic acids is 2. The van der Waals surface area contributed by atoms with Crippen molar-refractivity contribution in [2.75, 3.05) is 23.0 Å². The minimum atomic E-state index is -0.0932. The topological polar surface area (TPSA) is 80.3 Å². The molecule has 6 nitrogen and oxygen atoms in total. The zero-order valence-corrected chi connectivity index (χ0v) is 17.3. The normalized spacial score (nSPS) is 10.6. The number of thioether (sulfide) groups is 1. The third-order valence-electron chi connectivity index (χ3n) is 3.75. The van der Waals surface area contributed by atoms with E-state index < -0.39 is 0 Å². The molecule has 2 amide bonds. The van der Waals surface area contributed by atoms with Crippen molar-refractivity contribution < 1.29 is 14.3 Å². The van der Waals surface area contributed by atoms with Crippen LogP contribution in [0.5, 0.6) is 5.75 Å². The molecule has 0 aliphatic rings. The van der Waals surface area contributed by atoms with Gasteiger partial charge in [0.15, 0.2) is 4.34 Å². The Bertz CT molecular complexity index is 970. The molecule has 0 atom stereocenters. The van der Waals surface area contributed by atoms with Crippen molar-refractivity contribution in [3.63, 3.8) is 0 Å². The zero-order chi connectivity index (χ0) is 19.9. The maximum absolute atomic E-state index is 12.2.